The van der Waals surface area contributed by atoms with Crippen LogP contribution in [0.3, 0.4) is 0 Å². The van der Waals surface area contributed by atoms with Gasteiger partial charge in [-0.05, 0) is 35.6 Å². The lowest BCUT2D eigenvalue weighted by Crippen LogP contribution is -1.91. The van der Waals surface area contributed by atoms with Gasteiger partial charge < -0.3 is 4.84 Å². The fraction of sp³-hybridized carbons (Fsp3) is 0.278. The van der Waals surface area contributed by atoms with Crippen molar-refractivity contribution in [3.05, 3.63) is 70.8 Å². The van der Waals surface area contributed by atoms with E-state index in [1.165, 1.54) is 11.1 Å². The Labute approximate surface area is 121 Å². The van der Waals surface area contributed by atoms with Gasteiger partial charge >= 0.3 is 0 Å². The molecule has 0 aromatic heterocycles. The molecule has 0 aliphatic carbocycles. The van der Waals surface area contributed by atoms with Crippen LogP contribution < -0.4 is 0 Å². The summed E-state index contributed by atoms with van der Waals surface area (Å²) in [4.78, 5) is 5.31. The van der Waals surface area contributed by atoms with Crippen LogP contribution in [0, 0.1) is 0 Å². The second kappa shape index (κ2) is 7.49. The highest BCUT2D eigenvalue weighted by Crippen LogP contribution is 2.08. The summed E-state index contributed by atoms with van der Waals surface area (Å²) in [5.41, 5.74) is 4.68. The van der Waals surface area contributed by atoms with Crippen LogP contribution in [0.1, 0.15) is 36.1 Å². The molecule has 0 N–H and O–H groups in total. The zero-order valence-electron chi connectivity index (χ0n) is 12.1. The lowest BCUT2D eigenvalue weighted by atomic mass is 10.1. The summed E-state index contributed by atoms with van der Waals surface area (Å²) in [6, 6.07) is 16.5. The van der Waals surface area contributed by atoms with E-state index < -0.39 is 0 Å². The average Bonchev–Trinajstić information content (AvgIpc) is 2.52. The molecular formula is C18H20NO. The normalized spacial score (nSPS) is 10.9. The zero-order chi connectivity index (χ0) is 14.2. The molecule has 0 spiro atoms. The van der Waals surface area contributed by atoms with Gasteiger partial charge in [0.05, 0.1) is 0 Å². The molecular weight excluding hydrogens is 246 g/mol. The van der Waals surface area contributed by atoms with Crippen molar-refractivity contribution in [1.29, 1.82) is 0 Å². The minimum Gasteiger partial charge on any atom is -0.390 e. The van der Waals surface area contributed by atoms with Gasteiger partial charge in [0.2, 0.25) is 0 Å². The highest BCUT2D eigenvalue weighted by Gasteiger charge is 1.95. The maximum Gasteiger partial charge on any atom is 0.142 e. The first-order valence-corrected chi connectivity index (χ1v) is 7.06. The molecule has 0 bridgehead atoms. The predicted octanol–water partition coefficient (Wildman–Crippen LogP) is 4.24. The third-order valence-electron chi connectivity index (χ3n) is 3.21. The van der Waals surface area contributed by atoms with Crippen LogP contribution >= 0.6 is 0 Å². The molecule has 0 aliphatic rings. The van der Waals surface area contributed by atoms with Crippen LogP contribution in [0.2, 0.25) is 0 Å². The van der Waals surface area contributed by atoms with Gasteiger partial charge in [-0.25, -0.2) is 0 Å². The highest BCUT2D eigenvalue weighted by molar-refractivity contribution is 5.79. The van der Waals surface area contributed by atoms with Gasteiger partial charge in [0.25, 0.3) is 0 Å². The van der Waals surface area contributed by atoms with Gasteiger partial charge in [-0.1, -0.05) is 61.5 Å². The number of rotatable bonds is 6. The van der Waals surface area contributed by atoms with Crippen molar-refractivity contribution in [2.75, 3.05) is 0 Å². The Kier molecular flexibility index (Phi) is 5.36. The topological polar surface area (TPSA) is 21.6 Å². The Morgan fingerprint density at radius 3 is 2.30 bits per heavy atom. The number of hydrogen-bond acceptors (Lipinski definition) is 2. The van der Waals surface area contributed by atoms with E-state index in [1.807, 2.05) is 18.2 Å². The molecule has 2 aromatic rings. The summed E-state index contributed by atoms with van der Waals surface area (Å²) in [5, 5.41) is 3.92. The van der Waals surface area contributed by atoms with E-state index in [-0.39, 0.29) is 0 Å². The summed E-state index contributed by atoms with van der Waals surface area (Å²) >= 11 is 0. The average molecular weight is 266 g/mol. The molecule has 1 radical (unpaired) electrons. The third-order valence-corrected chi connectivity index (χ3v) is 3.21. The maximum absolute atomic E-state index is 5.31. The molecule has 0 saturated carbocycles. The van der Waals surface area contributed by atoms with E-state index in [1.54, 1.807) is 0 Å². The summed E-state index contributed by atoms with van der Waals surface area (Å²) in [7, 11) is 0. The Balaban J connectivity index is 1.89. The largest absolute Gasteiger partial charge is 0.390 e. The second-order valence-corrected chi connectivity index (χ2v) is 4.70. The van der Waals surface area contributed by atoms with Gasteiger partial charge in [-0.3, -0.25) is 0 Å². The monoisotopic (exact) mass is 266 g/mol. The number of nitrogens with zero attached hydrogens (tertiary/aromatic N) is 1. The predicted molar refractivity (Wildman–Crippen MR) is 83.0 cm³/mol. The van der Waals surface area contributed by atoms with E-state index in [0.29, 0.717) is 6.61 Å². The molecule has 103 valence electrons. The SMILES string of the molecule is CCc1cccc(/[C]=N\OCc2cccc(CC)c2)c1. The first kappa shape index (κ1) is 14.3. The Hall–Kier alpha value is -2.09. The molecule has 0 fully saturated rings. The number of benzene rings is 2. The summed E-state index contributed by atoms with van der Waals surface area (Å²) in [6.45, 7) is 4.76. The van der Waals surface area contributed by atoms with Crippen LogP contribution in [0.15, 0.2) is 53.7 Å². The lowest BCUT2D eigenvalue weighted by Gasteiger charge is -2.02. The van der Waals surface area contributed by atoms with Crippen molar-refractivity contribution in [3.8, 4) is 0 Å². The van der Waals surface area contributed by atoms with E-state index in [2.05, 4.69) is 55.5 Å². The molecule has 0 saturated heterocycles. The first-order chi connectivity index (χ1) is 9.81. The summed E-state index contributed by atoms with van der Waals surface area (Å²) in [5.74, 6) is 0. The lowest BCUT2D eigenvalue weighted by molar-refractivity contribution is 0.132. The number of aryl methyl sites for hydroxylation is 2. The fourth-order valence-corrected chi connectivity index (χ4v) is 1.99. The minimum atomic E-state index is 0.480. The van der Waals surface area contributed by atoms with Gasteiger partial charge in [0.1, 0.15) is 12.8 Å². The van der Waals surface area contributed by atoms with E-state index in [9.17, 15) is 0 Å². The van der Waals surface area contributed by atoms with Crippen LogP contribution in [-0.4, -0.2) is 6.21 Å². The molecule has 0 amide bonds. The quantitative estimate of drug-likeness (QED) is 0.566. The van der Waals surface area contributed by atoms with E-state index in [0.717, 1.165) is 24.0 Å². The maximum atomic E-state index is 5.31. The van der Waals surface area contributed by atoms with Gasteiger partial charge in [0.15, 0.2) is 0 Å². The first-order valence-electron chi connectivity index (χ1n) is 7.06. The smallest absolute Gasteiger partial charge is 0.142 e. The molecule has 20 heavy (non-hydrogen) atoms. The van der Waals surface area contributed by atoms with E-state index >= 15 is 0 Å². The van der Waals surface area contributed by atoms with Crippen molar-refractivity contribution >= 4 is 6.21 Å². The molecule has 2 rings (SSSR count). The molecule has 0 heterocycles. The molecule has 2 heteroatoms. The van der Waals surface area contributed by atoms with Crippen molar-refractivity contribution < 1.29 is 4.84 Å². The molecule has 0 atom stereocenters. The van der Waals surface area contributed by atoms with Gasteiger partial charge in [-0.15, -0.1) is 0 Å². The minimum absolute atomic E-state index is 0.480. The highest BCUT2D eigenvalue weighted by atomic mass is 16.6. The third kappa shape index (κ3) is 4.23. The Morgan fingerprint density at radius 2 is 1.55 bits per heavy atom. The van der Waals surface area contributed by atoms with E-state index in [4.69, 9.17) is 4.84 Å². The fourth-order valence-electron chi connectivity index (χ4n) is 1.99. The van der Waals surface area contributed by atoms with Crippen LogP contribution in [0.5, 0.6) is 0 Å². The Bertz CT molecular complexity index is 575. The molecule has 0 aliphatic heterocycles. The van der Waals surface area contributed by atoms with Crippen molar-refractivity contribution in [3.63, 3.8) is 0 Å². The van der Waals surface area contributed by atoms with Gasteiger partial charge in [-0.2, -0.15) is 0 Å². The summed E-state index contributed by atoms with van der Waals surface area (Å²) < 4.78 is 0. The standard InChI is InChI=1S/C18H20NO/c1-3-15-7-5-9-17(11-15)13-19-20-14-18-10-6-8-16(4-2)12-18/h5-12H,3-4,14H2,1-2H3. The molecule has 2 nitrogen and oxygen atoms in total. The number of hydrogen-bond donors (Lipinski definition) is 0. The Morgan fingerprint density at radius 1 is 0.900 bits per heavy atom. The van der Waals surface area contributed by atoms with Gasteiger partial charge in [0, 0.05) is 5.56 Å². The molecule has 0 unspecified atom stereocenters. The summed E-state index contributed by atoms with van der Waals surface area (Å²) in [6.07, 6.45) is 4.97. The van der Waals surface area contributed by atoms with Crippen LogP contribution in [0.25, 0.3) is 0 Å². The van der Waals surface area contributed by atoms with Crippen molar-refractivity contribution in [2.24, 2.45) is 5.16 Å². The van der Waals surface area contributed by atoms with Crippen molar-refractivity contribution in [2.45, 2.75) is 33.3 Å². The molecule has 2 aromatic carbocycles. The second-order valence-electron chi connectivity index (χ2n) is 4.70. The van der Waals surface area contributed by atoms with Crippen LogP contribution in [0.4, 0.5) is 0 Å². The zero-order valence-corrected chi connectivity index (χ0v) is 12.1. The van der Waals surface area contributed by atoms with Crippen LogP contribution in [-0.2, 0) is 24.3 Å². The van der Waals surface area contributed by atoms with Crippen molar-refractivity contribution in [1.82, 2.24) is 0 Å².